The monoisotopic (exact) mass is 230 g/mol. The topological polar surface area (TPSA) is 20.2 Å². The fraction of sp³-hybridized carbons (Fsp3) is 0.200. The van der Waals surface area contributed by atoms with E-state index in [4.69, 9.17) is 4.66 Å². The van der Waals surface area contributed by atoms with Gasteiger partial charge < -0.3 is 0 Å². The van der Waals surface area contributed by atoms with E-state index in [0.29, 0.717) is 0 Å². The van der Waals surface area contributed by atoms with Crippen LogP contribution in [0, 0.1) is 12.2 Å². The van der Waals surface area contributed by atoms with Gasteiger partial charge in [0, 0.05) is 0 Å². The Morgan fingerprint density at radius 1 is 0.923 bits per heavy atom. The van der Waals surface area contributed by atoms with Crippen LogP contribution in [0.1, 0.15) is 12.8 Å². The molecule has 0 spiro atoms. The van der Waals surface area contributed by atoms with Crippen LogP contribution in [0.25, 0.3) is 0 Å². The van der Waals surface area contributed by atoms with E-state index >= 15 is 0 Å². The summed E-state index contributed by atoms with van der Waals surface area (Å²) in [4.78, 5) is 0. The molecule has 0 radical (unpaired) electrons. The first-order valence-corrected chi connectivity index (χ1v) is 3.94. The Kier molecular flexibility index (Phi) is 17.1. The molecule has 0 bridgehead atoms. The van der Waals surface area contributed by atoms with E-state index in [0.717, 1.165) is 12.8 Å². The molecule has 2 aliphatic carbocycles. The summed E-state index contributed by atoms with van der Waals surface area (Å²) >= 11 is 3.64. The molecule has 0 aromatic heterocycles. The average Bonchev–Trinajstić information content (AvgIpc) is 2.87. The quantitative estimate of drug-likeness (QED) is 0.501. The van der Waals surface area contributed by atoms with Gasteiger partial charge in [-0.1, -0.05) is 0 Å². The summed E-state index contributed by atoms with van der Waals surface area (Å²) in [5.41, 5.74) is 0. The molecule has 2 rings (SSSR count). The maximum absolute atomic E-state index is 6.47. The van der Waals surface area contributed by atoms with E-state index in [9.17, 15) is 0 Å². The van der Waals surface area contributed by atoms with Gasteiger partial charge in [-0.05, 0) is 0 Å². The first kappa shape index (κ1) is 15.4. The Morgan fingerprint density at radius 2 is 1.31 bits per heavy atom. The van der Waals surface area contributed by atoms with E-state index in [1.165, 1.54) is 0 Å². The zero-order valence-corrected chi connectivity index (χ0v) is 9.52. The molecule has 13 heavy (non-hydrogen) atoms. The third-order valence-corrected chi connectivity index (χ3v) is 1.17. The molecule has 0 saturated carbocycles. The molecule has 0 fully saturated rings. The van der Waals surface area contributed by atoms with Gasteiger partial charge in [0.1, 0.15) is 0 Å². The molecule has 0 amide bonds. The van der Waals surface area contributed by atoms with Crippen molar-refractivity contribution in [2.75, 3.05) is 0 Å². The number of rotatable bonds is 0. The van der Waals surface area contributed by atoms with Crippen LogP contribution in [0.15, 0.2) is 36.5 Å². The summed E-state index contributed by atoms with van der Waals surface area (Å²) in [6, 6.07) is 0. The molecule has 1 nitrogen and oxygen atoms in total. The van der Waals surface area contributed by atoms with Crippen LogP contribution < -0.4 is 0 Å². The summed E-state index contributed by atoms with van der Waals surface area (Å²) in [6.45, 7) is 0. The summed E-state index contributed by atoms with van der Waals surface area (Å²) in [5, 5.41) is 0. The fourth-order valence-corrected chi connectivity index (χ4v) is 0.680. The molecule has 0 aromatic rings. The SMILES string of the molecule is OCl.[C-]1=CC=CC1.[C-]1=CC=CC1.[Ti+2]. The third kappa shape index (κ3) is 11.9. The minimum Gasteiger partial charge on any atom is -0.295 e. The van der Waals surface area contributed by atoms with Gasteiger partial charge >= 0.3 is 21.7 Å². The van der Waals surface area contributed by atoms with Crippen molar-refractivity contribution in [2.24, 2.45) is 0 Å². The van der Waals surface area contributed by atoms with Gasteiger partial charge in [0.2, 0.25) is 0 Å². The average molecular weight is 231 g/mol. The number of hydrogen-bond donors (Lipinski definition) is 1. The number of hydrogen-bond acceptors (Lipinski definition) is 1. The first-order chi connectivity index (χ1) is 6.00. The van der Waals surface area contributed by atoms with Crippen molar-refractivity contribution < 1.29 is 26.4 Å². The van der Waals surface area contributed by atoms with Crippen molar-refractivity contribution in [3.05, 3.63) is 48.6 Å². The maximum Gasteiger partial charge on any atom is 2.00 e. The Hall–Kier alpha value is -0.0757. The maximum atomic E-state index is 6.47. The molecule has 1 N–H and O–H groups in total. The second-order valence-electron chi connectivity index (χ2n) is 2.01. The minimum atomic E-state index is 0. The zero-order valence-electron chi connectivity index (χ0n) is 7.20. The van der Waals surface area contributed by atoms with E-state index in [1.54, 1.807) is 0 Å². The molecule has 68 valence electrons. The second kappa shape index (κ2) is 14.4. The Labute approximate surface area is 99.5 Å². The van der Waals surface area contributed by atoms with Crippen LogP contribution in [0.3, 0.4) is 0 Å². The molecule has 0 aliphatic heterocycles. The van der Waals surface area contributed by atoms with Crippen LogP contribution in [-0.2, 0) is 21.7 Å². The van der Waals surface area contributed by atoms with Gasteiger partial charge in [0.05, 0.1) is 11.9 Å². The molecule has 2 aliphatic rings. The van der Waals surface area contributed by atoms with Gasteiger partial charge in [0.15, 0.2) is 0 Å². The van der Waals surface area contributed by atoms with E-state index in [-0.39, 0.29) is 21.7 Å². The van der Waals surface area contributed by atoms with Gasteiger partial charge in [-0.15, -0.1) is 12.8 Å². The molecular weight excluding hydrogens is 219 g/mol. The van der Waals surface area contributed by atoms with Crippen molar-refractivity contribution in [3.63, 3.8) is 0 Å². The van der Waals surface area contributed by atoms with Crippen molar-refractivity contribution in [2.45, 2.75) is 12.8 Å². The standard InChI is InChI=1S/2C5H5.ClHO.Ti/c2*1-2-4-5-3-1;1-2;/h2*1-3H,4H2;2H;/q2*-1;;+2. The summed E-state index contributed by atoms with van der Waals surface area (Å²) in [7, 11) is 0. The largest absolute Gasteiger partial charge is 2.00 e. The molecule has 0 heterocycles. The Bertz CT molecular complexity index is 153. The molecule has 0 atom stereocenters. The van der Waals surface area contributed by atoms with Gasteiger partial charge in [-0.2, -0.15) is 12.2 Å². The van der Waals surface area contributed by atoms with E-state index in [2.05, 4.69) is 36.2 Å². The van der Waals surface area contributed by atoms with E-state index < -0.39 is 0 Å². The number of allylic oxidation sites excluding steroid dienone is 8. The summed E-state index contributed by atoms with van der Waals surface area (Å²) < 4.78 is 6.47. The van der Waals surface area contributed by atoms with Crippen LogP contribution in [0.2, 0.25) is 0 Å². The van der Waals surface area contributed by atoms with Crippen LogP contribution in [0.4, 0.5) is 0 Å². The molecule has 0 aromatic carbocycles. The Morgan fingerprint density at radius 3 is 1.38 bits per heavy atom. The predicted octanol–water partition coefficient (Wildman–Crippen LogP) is 2.74. The third-order valence-electron chi connectivity index (χ3n) is 1.17. The van der Waals surface area contributed by atoms with Crippen molar-refractivity contribution in [1.29, 1.82) is 0 Å². The summed E-state index contributed by atoms with van der Waals surface area (Å²) in [6.07, 6.45) is 20.0. The van der Waals surface area contributed by atoms with E-state index in [1.807, 2.05) is 24.3 Å². The first-order valence-electron chi connectivity index (χ1n) is 3.60. The van der Waals surface area contributed by atoms with Crippen LogP contribution in [0.5, 0.6) is 0 Å². The summed E-state index contributed by atoms with van der Waals surface area (Å²) in [5.74, 6) is 0. The van der Waals surface area contributed by atoms with Gasteiger partial charge in [0.25, 0.3) is 0 Å². The Balaban J connectivity index is 0. The smallest absolute Gasteiger partial charge is 0.295 e. The molecule has 3 heteroatoms. The second-order valence-corrected chi connectivity index (χ2v) is 2.01. The van der Waals surface area contributed by atoms with Crippen LogP contribution in [-0.4, -0.2) is 4.66 Å². The minimum absolute atomic E-state index is 0. The van der Waals surface area contributed by atoms with Gasteiger partial charge in [-0.25, -0.2) is 24.3 Å². The molecular formula is C10H11ClOTi. The molecule has 0 unspecified atom stereocenters. The molecule has 0 saturated heterocycles. The normalized spacial score (nSPS) is 14.0. The predicted molar refractivity (Wildman–Crippen MR) is 51.2 cm³/mol. The zero-order chi connectivity index (χ0) is 9.07. The van der Waals surface area contributed by atoms with Gasteiger partial charge in [-0.3, -0.25) is 16.8 Å². The van der Waals surface area contributed by atoms with Crippen molar-refractivity contribution in [3.8, 4) is 0 Å². The number of halogens is 1. The van der Waals surface area contributed by atoms with Crippen molar-refractivity contribution >= 4 is 11.9 Å². The fourth-order valence-electron chi connectivity index (χ4n) is 0.680. The van der Waals surface area contributed by atoms with Crippen LogP contribution >= 0.6 is 11.9 Å². The van der Waals surface area contributed by atoms with Crippen molar-refractivity contribution in [1.82, 2.24) is 0 Å².